The molecule has 2 aromatic carbocycles. The molecule has 2 saturated heterocycles. The molecule has 0 radical (unpaired) electrons. The van der Waals surface area contributed by atoms with Crippen LogP contribution in [-0.2, 0) is 46.2 Å². The van der Waals surface area contributed by atoms with Crippen molar-refractivity contribution in [3.05, 3.63) is 71.3 Å². The van der Waals surface area contributed by atoms with Crippen LogP contribution in [0.3, 0.4) is 0 Å². The minimum absolute atomic E-state index is 0.0803. The van der Waals surface area contributed by atoms with Crippen molar-refractivity contribution in [3.8, 4) is 0 Å². The van der Waals surface area contributed by atoms with E-state index in [0.717, 1.165) is 55.7 Å². The number of ether oxygens (including phenoxy) is 4. The van der Waals surface area contributed by atoms with E-state index in [9.17, 15) is 9.59 Å². The highest BCUT2D eigenvalue weighted by Gasteiger charge is 2.40. The van der Waals surface area contributed by atoms with Gasteiger partial charge in [0.2, 0.25) is 0 Å². The fourth-order valence-corrected chi connectivity index (χ4v) is 5.41. The SMILES string of the molecule is COCC(=O)OC1(c2ccccc2CCOCC(=O)OC2(c3ccccc3)CCNCC2)CCNCC1. The summed E-state index contributed by atoms with van der Waals surface area (Å²) in [6.07, 6.45) is 3.42. The largest absolute Gasteiger partial charge is 0.452 e. The van der Waals surface area contributed by atoms with Crippen molar-refractivity contribution in [3.63, 3.8) is 0 Å². The first-order chi connectivity index (χ1) is 18.1. The van der Waals surface area contributed by atoms with Gasteiger partial charge in [0, 0.05) is 32.8 Å². The lowest BCUT2D eigenvalue weighted by molar-refractivity contribution is -0.170. The number of benzene rings is 2. The molecule has 0 saturated carbocycles. The second-order valence-electron chi connectivity index (χ2n) is 9.70. The standard InChI is InChI=1S/C29H38N2O6/c1-34-21-26(32)37-29(14-18-31-19-15-29)25-10-6-5-7-23(25)11-20-35-22-27(33)36-28(12-16-30-17-13-28)24-8-3-2-4-9-24/h2-10,30-31H,11-22H2,1H3. The van der Waals surface area contributed by atoms with E-state index in [2.05, 4.69) is 10.6 Å². The van der Waals surface area contributed by atoms with Gasteiger partial charge in [0.15, 0.2) is 0 Å². The maximum absolute atomic E-state index is 12.8. The predicted octanol–water partition coefficient (Wildman–Crippen LogP) is 2.84. The monoisotopic (exact) mass is 510 g/mol. The molecule has 2 N–H and O–H groups in total. The number of methoxy groups -OCH3 is 1. The van der Waals surface area contributed by atoms with E-state index < -0.39 is 11.2 Å². The van der Waals surface area contributed by atoms with Gasteiger partial charge in [0.05, 0.1) is 6.61 Å². The van der Waals surface area contributed by atoms with E-state index in [0.29, 0.717) is 25.9 Å². The molecule has 0 amide bonds. The zero-order chi connectivity index (χ0) is 26.0. The Kier molecular flexibility index (Phi) is 9.68. The average molecular weight is 511 g/mol. The quantitative estimate of drug-likeness (QED) is 0.352. The molecular formula is C29H38N2O6. The molecule has 8 heteroatoms. The first kappa shape index (κ1) is 27.3. The topological polar surface area (TPSA) is 95.1 Å². The predicted molar refractivity (Wildman–Crippen MR) is 139 cm³/mol. The second-order valence-corrected chi connectivity index (χ2v) is 9.70. The van der Waals surface area contributed by atoms with E-state index in [1.165, 1.54) is 7.11 Å². The fraction of sp³-hybridized carbons (Fsp3) is 0.517. The summed E-state index contributed by atoms with van der Waals surface area (Å²) in [6.45, 7) is 3.28. The van der Waals surface area contributed by atoms with Crippen LogP contribution in [0, 0.1) is 0 Å². The number of carbonyl (C=O) groups excluding carboxylic acids is 2. The van der Waals surface area contributed by atoms with E-state index in [-0.39, 0.29) is 25.2 Å². The van der Waals surface area contributed by atoms with Crippen molar-refractivity contribution in [1.29, 1.82) is 0 Å². The van der Waals surface area contributed by atoms with Gasteiger partial charge in [0.25, 0.3) is 0 Å². The molecule has 0 unspecified atom stereocenters. The van der Waals surface area contributed by atoms with E-state index >= 15 is 0 Å². The van der Waals surface area contributed by atoms with Gasteiger partial charge in [-0.3, -0.25) is 0 Å². The van der Waals surface area contributed by atoms with Crippen LogP contribution in [0.4, 0.5) is 0 Å². The summed E-state index contributed by atoms with van der Waals surface area (Å²) in [5, 5.41) is 6.69. The zero-order valence-electron chi connectivity index (χ0n) is 21.6. The third-order valence-corrected chi connectivity index (χ3v) is 7.25. The van der Waals surface area contributed by atoms with Gasteiger partial charge in [-0.25, -0.2) is 9.59 Å². The lowest BCUT2D eigenvalue weighted by Gasteiger charge is -2.38. The highest BCUT2D eigenvalue weighted by Crippen LogP contribution is 2.38. The van der Waals surface area contributed by atoms with Crippen LogP contribution in [0.1, 0.15) is 42.4 Å². The molecule has 2 aliphatic heterocycles. The molecule has 0 aliphatic carbocycles. The van der Waals surface area contributed by atoms with Gasteiger partial charge in [-0.2, -0.15) is 0 Å². The van der Waals surface area contributed by atoms with Crippen molar-refractivity contribution in [2.24, 2.45) is 0 Å². The van der Waals surface area contributed by atoms with E-state index in [1.807, 2.05) is 54.6 Å². The van der Waals surface area contributed by atoms with Gasteiger partial charge in [-0.15, -0.1) is 0 Å². The van der Waals surface area contributed by atoms with Crippen molar-refractivity contribution >= 4 is 11.9 Å². The third-order valence-electron chi connectivity index (χ3n) is 7.25. The minimum atomic E-state index is -0.701. The van der Waals surface area contributed by atoms with E-state index in [1.54, 1.807) is 0 Å². The van der Waals surface area contributed by atoms with Crippen LogP contribution in [0.25, 0.3) is 0 Å². The second kappa shape index (κ2) is 13.1. The van der Waals surface area contributed by atoms with Gasteiger partial charge in [-0.1, -0.05) is 54.6 Å². The smallest absolute Gasteiger partial charge is 0.332 e. The summed E-state index contributed by atoms with van der Waals surface area (Å²) >= 11 is 0. The first-order valence-electron chi connectivity index (χ1n) is 13.1. The maximum atomic E-state index is 12.8. The summed E-state index contributed by atoms with van der Waals surface area (Å²) in [5.74, 6) is -0.731. The molecule has 0 aromatic heterocycles. The normalized spacial score (nSPS) is 18.6. The highest BCUT2D eigenvalue weighted by atomic mass is 16.6. The molecule has 4 rings (SSSR count). The molecule has 8 nitrogen and oxygen atoms in total. The molecule has 0 bridgehead atoms. The fourth-order valence-electron chi connectivity index (χ4n) is 5.41. The Hall–Kier alpha value is -2.78. The van der Waals surface area contributed by atoms with Crippen LogP contribution in [0.15, 0.2) is 54.6 Å². The first-order valence-corrected chi connectivity index (χ1v) is 13.1. The molecule has 0 atom stereocenters. The molecule has 2 heterocycles. The van der Waals surface area contributed by atoms with Gasteiger partial charge >= 0.3 is 11.9 Å². The number of piperidine rings is 2. The summed E-state index contributed by atoms with van der Waals surface area (Å²) < 4.78 is 22.8. The van der Waals surface area contributed by atoms with Gasteiger partial charge in [0.1, 0.15) is 24.4 Å². The Morgan fingerprint density at radius 2 is 1.32 bits per heavy atom. The van der Waals surface area contributed by atoms with Crippen molar-refractivity contribution < 1.29 is 28.5 Å². The average Bonchev–Trinajstić information content (AvgIpc) is 2.93. The van der Waals surface area contributed by atoms with Crippen molar-refractivity contribution in [1.82, 2.24) is 10.6 Å². The third kappa shape index (κ3) is 6.96. The summed E-state index contributed by atoms with van der Waals surface area (Å²) in [4.78, 5) is 25.2. The van der Waals surface area contributed by atoms with Gasteiger partial charge in [-0.05, 0) is 49.3 Å². The Labute approximate surface area is 219 Å². The number of hydrogen-bond acceptors (Lipinski definition) is 8. The Morgan fingerprint density at radius 3 is 2.00 bits per heavy atom. The number of rotatable bonds is 11. The molecule has 2 aliphatic rings. The molecular weight excluding hydrogens is 472 g/mol. The number of hydrogen-bond donors (Lipinski definition) is 2. The molecule has 200 valence electrons. The van der Waals surface area contributed by atoms with Crippen LogP contribution >= 0.6 is 0 Å². The minimum Gasteiger partial charge on any atom is -0.452 e. The molecule has 2 fully saturated rings. The Balaban J connectivity index is 1.37. The lowest BCUT2D eigenvalue weighted by atomic mass is 9.81. The number of esters is 2. The van der Waals surface area contributed by atoms with Crippen LogP contribution in [0.5, 0.6) is 0 Å². The molecule has 37 heavy (non-hydrogen) atoms. The van der Waals surface area contributed by atoms with Crippen LogP contribution < -0.4 is 10.6 Å². The summed E-state index contributed by atoms with van der Waals surface area (Å²) in [7, 11) is 1.49. The molecule has 0 spiro atoms. The van der Waals surface area contributed by atoms with E-state index in [4.69, 9.17) is 18.9 Å². The van der Waals surface area contributed by atoms with Crippen LogP contribution in [0.2, 0.25) is 0 Å². The van der Waals surface area contributed by atoms with Crippen LogP contribution in [-0.4, -0.2) is 65.0 Å². The Morgan fingerprint density at radius 1 is 0.757 bits per heavy atom. The molecule has 2 aromatic rings. The summed E-state index contributed by atoms with van der Waals surface area (Å²) in [5.41, 5.74) is 1.74. The zero-order valence-corrected chi connectivity index (χ0v) is 21.6. The number of nitrogens with one attached hydrogen (secondary N) is 2. The number of carbonyl (C=O) groups is 2. The van der Waals surface area contributed by atoms with Crippen molar-refractivity contribution in [2.75, 3.05) is 53.1 Å². The lowest BCUT2D eigenvalue weighted by Crippen LogP contribution is -2.44. The highest BCUT2D eigenvalue weighted by molar-refractivity contribution is 5.72. The Bertz CT molecular complexity index is 1020. The maximum Gasteiger partial charge on any atom is 0.332 e. The summed E-state index contributed by atoms with van der Waals surface area (Å²) in [6, 6.07) is 17.9. The van der Waals surface area contributed by atoms with Crippen molar-refractivity contribution in [2.45, 2.75) is 43.3 Å². The van der Waals surface area contributed by atoms with Gasteiger partial charge < -0.3 is 29.6 Å².